The van der Waals surface area contributed by atoms with Crippen molar-refractivity contribution in [2.24, 2.45) is 0 Å². The summed E-state index contributed by atoms with van der Waals surface area (Å²) in [6.07, 6.45) is 3.12. The molecule has 3 aromatic rings. The van der Waals surface area contributed by atoms with Crippen LogP contribution in [-0.4, -0.2) is 12.0 Å². The number of nitrogens with zero attached hydrogens (tertiary/aromatic N) is 1. The number of nitrogen functional groups attached to an aromatic ring is 1. The monoisotopic (exact) mass is 333 g/mol. The molecule has 3 nitrogen and oxygen atoms in total. The van der Waals surface area contributed by atoms with E-state index in [0.29, 0.717) is 5.82 Å². The van der Waals surface area contributed by atoms with E-state index in [1.165, 1.54) is 33.2 Å². The quantitative estimate of drug-likeness (QED) is 0.711. The Morgan fingerprint density at radius 3 is 2.40 bits per heavy atom. The molecular formula is C22H27N3. The number of nitrogens with two attached hydrogens (primary N) is 1. The highest BCUT2D eigenvalue weighted by atomic mass is 14.8. The van der Waals surface area contributed by atoms with E-state index < -0.39 is 0 Å². The van der Waals surface area contributed by atoms with Crippen LogP contribution in [-0.2, 0) is 25.8 Å². The second-order valence-corrected chi connectivity index (χ2v) is 6.76. The molecule has 0 aliphatic carbocycles. The molecular weight excluding hydrogens is 306 g/mol. The van der Waals surface area contributed by atoms with E-state index in [9.17, 15) is 0 Å². The van der Waals surface area contributed by atoms with Gasteiger partial charge >= 0.3 is 0 Å². The van der Waals surface area contributed by atoms with E-state index in [1.807, 2.05) is 13.1 Å². The maximum atomic E-state index is 5.90. The number of nitrogens with one attached hydrogen (secondary N) is 1. The van der Waals surface area contributed by atoms with Crippen molar-refractivity contribution in [1.82, 2.24) is 10.3 Å². The molecule has 0 amide bonds. The molecule has 0 bridgehead atoms. The van der Waals surface area contributed by atoms with E-state index >= 15 is 0 Å². The highest BCUT2D eigenvalue weighted by Gasteiger charge is 2.05. The van der Waals surface area contributed by atoms with Gasteiger partial charge in [0.2, 0.25) is 0 Å². The van der Waals surface area contributed by atoms with E-state index in [4.69, 9.17) is 5.73 Å². The standard InChI is InChI=1S/C22H27N3/c1-4-16-10-18(12-19(11-16)14-24-3)6-5-17-7-8-20-15(2)9-22(23)25-21(20)13-17/h7-13,24H,4-6,14H2,1-3H3,(H2,23,25). The minimum atomic E-state index is 0.592. The van der Waals surface area contributed by atoms with Crippen LogP contribution >= 0.6 is 0 Å². The van der Waals surface area contributed by atoms with Gasteiger partial charge in [-0.25, -0.2) is 4.98 Å². The highest BCUT2D eigenvalue weighted by Crippen LogP contribution is 2.21. The maximum absolute atomic E-state index is 5.90. The topological polar surface area (TPSA) is 50.9 Å². The van der Waals surface area contributed by atoms with Crippen LogP contribution in [0, 0.1) is 6.92 Å². The zero-order valence-electron chi connectivity index (χ0n) is 15.4. The van der Waals surface area contributed by atoms with Crippen LogP contribution < -0.4 is 11.1 Å². The Morgan fingerprint density at radius 1 is 0.920 bits per heavy atom. The summed E-state index contributed by atoms with van der Waals surface area (Å²) in [4.78, 5) is 4.49. The molecule has 0 saturated heterocycles. The lowest BCUT2D eigenvalue weighted by Gasteiger charge is -2.10. The fourth-order valence-corrected chi connectivity index (χ4v) is 3.41. The average molecular weight is 333 g/mol. The van der Waals surface area contributed by atoms with Crippen LogP contribution in [0.3, 0.4) is 0 Å². The first-order chi connectivity index (χ1) is 12.1. The van der Waals surface area contributed by atoms with Gasteiger partial charge in [-0.15, -0.1) is 0 Å². The summed E-state index contributed by atoms with van der Waals surface area (Å²) in [6, 6.07) is 15.4. The third-order valence-electron chi connectivity index (χ3n) is 4.70. The highest BCUT2D eigenvalue weighted by molar-refractivity contribution is 5.84. The van der Waals surface area contributed by atoms with Gasteiger partial charge in [-0.05, 0) is 73.2 Å². The number of rotatable bonds is 6. The molecule has 0 spiro atoms. The van der Waals surface area contributed by atoms with Gasteiger partial charge in [0.05, 0.1) is 5.52 Å². The van der Waals surface area contributed by atoms with E-state index in [0.717, 1.165) is 31.3 Å². The molecule has 1 heterocycles. The van der Waals surface area contributed by atoms with E-state index in [1.54, 1.807) is 0 Å². The molecule has 0 unspecified atom stereocenters. The van der Waals surface area contributed by atoms with Crippen molar-refractivity contribution in [3.05, 3.63) is 70.3 Å². The Labute approximate surface area is 150 Å². The number of fused-ring (bicyclic) bond motifs is 1. The Bertz CT molecular complexity index is 884. The number of anilines is 1. The van der Waals surface area contributed by atoms with Crippen LogP contribution in [0.15, 0.2) is 42.5 Å². The summed E-state index contributed by atoms with van der Waals surface area (Å²) in [6.45, 7) is 5.21. The van der Waals surface area contributed by atoms with Gasteiger partial charge in [-0.3, -0.25) is 0 Å². The van der Waals surface area contributed by atoms with Crippen molar-refractivity contribution < 1.29 is 0 Å². The van der Waals surface area contributed by atoms with Crippen molar-refractivity contribution in [3.63, 3.8) is 0 Å². The van der Waals surface area contributed by atoms with Crippen LogP contribution in [0.1, 0.15) is 34.7 Å². The lowest BCUT2D eigenvalue weighted by Crippen LogP contribution is -2.06. The molecule has 3 rings (SSSR count). The number of pyridine rings is 1. The number of hydrogen-bond acceptors (Lipinski definition) is 3. The van der Waals surface area contributed by atoms with Crippen LogP contribution in [0.5, 0.6) is 0 Å². The summed E-state index contributed by atoms with van der Waals surface area (Å²) in [7, 11) is 1.99. The molecule has 0 aliphatic heterocycles. The van der Waals surface area contributed by atoms with E-state index in [-0.39, 0.29) is 0 Å². The second kappa shape index (κ2) is 7.66. The van der Waals surface area contributed by atoms with Crippen molar-refractivity contribution >= 4 is 16.7 Å². The van der Waals surface area contributed by atoms with Gasteiger partial charge in [-0.1, -0.05) is 37.3 Å². The summed E-state index contributed by atoms with van der Waals surface area (Å²) in [5.74, 6) is 0.592. The summed E-state index contributed by atoms with van der Waals surface area (Å²) in [5, 5.41) is 4.43. The van der Waals surface area contributed by atoms with Gasteiger partial charge in [0.15, 0.2) is 0 Å². The van der Waals surface area contributed by atoms with Crippen LogP contribution in [0.25, 0.3) is 10.9 Å². The van der Waals surface area contributed by atoms with Gasteiger partial charge < -0.3 is 11.1 Å². The maximum Gasteiger partial charge on any atom is 0.124 e. The average Bonchev–Trinajstić information content (AvgIpc) is 2.59. The molecule has 0 saturated carbocycles. The first-order valence-corrected chi connectivity index (χ1v) is 9.01. The molecule has 3 N–H and O–H groups in total. The van der Waals surface area contributed by atoms with Gasteiger partial charge in [0.25, 0.3) is 0 Å². The number of hydrogen-bond donors (Lipinski definition) is 2. The van der Waals surface area contributed by atoms with Crippen molar-refractivity contribution in [1.29, 1.82) is 0 Å². The van der Waals surface area contributed by atoms with Gasteiger partial charge in [0, 0.05) is 11.9 Å². The first-order valence-electron chi connectivity index (χ1n) is 9.01. The summed E-state index contributed by atoms with van der Waals surface area (Å²) >= 11 is 0. The molecule has 1 aromatic heterocycles. The zero-order chi connectivity index (χ0) is 17.8. The number of benzene rings is 2. The molecule has 130 valence electrons. The summed E-state index contributed by atoms with van der Waals surface area (Å²) < 4.78 is 0. The van der Waals surface area contributed by atoms with Crippen LogP contribution in [0.4, 0.5) is 5.82 Å². The Morgan fingerprint density at radius 2 is 1.64 bits per heavy atom. The van der Waals surface area contributed by atoms with Gasteiger partial charge in [-0.2, -0.15) is 0 Å². The Hall–Kier alpha value is -2.39. The minimum absolute atomic E-state index is 0.592. The van der Waals surface area contributed by atoms with E-state index in [2.05, 4.69) is 60.5 Å². The SMILES string of the molecule is CCc1cc(CCc2ccc3c(C)cc(N)nc3c2)cc(CNC)c1. The fraction of sp³-hybridized carbons (Fsp3) is 0.318. The third kappa shape index (κ3) is 4.18. The number of aryl methyl sites for hydroxylation is 4. The smallest absolute Gasteiger partial charge is 0.124 e. The lowest BCUT2D eigenvalue weighted by molar-refractivity contribution is 0.811. The third-order valence-corrected chi connectivity index (χ3v) is 4.70. The largest absolute Gasteiger partial charge is 0.384 e. The Balaban J connectivity index is 1.81. The normalized spacial score (nSPS) is 11.2. The molecule has 0 atom stereocenters. The molecule has 3 heteroatoms. The molecule has 2 aromatic carbocycles. The zero-order valence-corrected chi connectivity index (χ0v) is 15.4. The molecule has 0 aliphatic rings. The molecule has 0 radical (unpaired) electrons. The van der Waals surface area contributed by atoms with Gasteiger partial charge in [0.1, 0.15) is 5.82 Å². The first kappa shape index (κ1) is 17.4. The second-order valence-electron chi connectivity index (χ2n) is 6.76. The predicted octanol–water partition coefficient (Wildman–Crippen LogP) is 4.19. The van der Waals surface area contributed by atoms with Crippen LogP contribution in [0.2, 0.25) is 0 Å². The minimum Gasteiger partial charge on any atom is -0.384 e. The van der Waals surface area contributed by atoms with Crippen molar-refractivity contribution in [2.45, 2.75) is 39.7 Å². The Kier molecular flexibility index (Phi) is 5.34. The molecule has 25 heavy (non-hydrogen) atoms. The molecule has 0 fully saturated rings. The predicted molar refractivity (Wildman–Crippen MR) is 107 cm³/mol. The van der Waals surface area contributed by atoms with Crippen molar-refractivity contribution in [3.8, 4) is 0 Å². The lowest BCUT2D eigenvalue weighted by atomic mass is 9.98. The van der Waals surface area contributed by atoms with Crippen molar-refractivity contribution in [2.75, 3.05) is 12.8 Å². The number of aromatic nitrogens is 1. The summed E-state index contributed by atoms with van der Waals surface area (Å²) in [5.41, 5.74) is 13.6. The fourth-order valence-electron chi connectivity index (χ4n) is 3.41.